The molecule has 6 atom stereocenters. The summed E-state index contributed by atoms with van der Waals surface area (Å²) in [6, 6.07) is 37.2. The second-order valence-electron chi connectivity index (χ2n) is 16.7. The first kappa shape index (κ1) is 46.8. The molecule has 7 rings (SSSR count). The standard InChI is InChI=1S/C49H58N5O9P/c1-33(2)54(34(3)4)64(61-28-14-27-50)63-44-43-42(52-60-31-36-15-10-8-11-16-36)29-48(44,62-46(43)53-30-35(5)45(55)51-47(53)56)32-59-49(37-17-12-9-13-18-37,38-19-23-40(57-6)24-20-38)39-21-25-41(58-7)26-22-39/h8-13,15-26,30,33-34,42-44,46,52H,14,28-29,31-32H2,1-7H3,(H,51,55,56)/t42-,43?,44+,46-,48-,64?/m1/s1. The van der Waals surface area contributed by atoms with E-state index in [0.717, 1.165) is 22.3 Å². The molecule has 1 aliphatic heterocycles. The molecule has 0 radical (unpaired) electrons. The first-order valence-electron chi connectivity index (χ1n) is 21.6. The van der Waals surface area contributed by atoms with Crippen molar-refractivity contribution in [3.63, 3.8) is 0 Å². The molecule has 1 saturated heterocycles. The Morgan fingerprint density at radius 2 is 1.47 bits per heavy atom. The van der Waals surface area contributed by atoms with Crippen molar-refractivity contribution in [3.05, 3.63) is 164 Å². The van der Waals surface area contributed by atoms with Crippen LogP contribution < -0.4 is 26.2 Å². The Kier molecular flexibility index (Phi) is 15.2. The number of H-pyrrole nitrogens is 1. The van der Waals surface area contributed by atoms with Crippen LogP contribution in [0.3, 0.4) is 0 Å². The molecule has 2 N–H and O–H groups in total. The van der Waals surface area contributed by atoms with Gasteiger partial charge in [0.1, 0.15) is 35.0 Å². The summed E-state index contributed by atoms with van der Waals surface area (Å²) in [4.78, 5) is 35.4. The molecule has 14 nitrogen and oxygen atoms in total. The molecule has 1 aromatic heterocycles. The molecule has 0 amide bonds. The number of aryl methyl sites for hydroxylation is 1. The maximum absolute atomic E-state index is 13.9. The van der Waals surface area contributed by atoms with E-state index in [0.29, 0.717) is 23.5 Å². The molecule has 2 aliphatic rings. The number of aromatic nitrogens is 2. The lowest BCUT2D eigenvalue weighted by molar-refractivity contribution is -0.178. The monoisotopic (exact) mass is 891 g/mol. The summed E-state index contributed by atoms with van der Waals surface area (Å²) in [7, 11) is 1.44. The zero-order valence-electron chi connectivity index (χ0n) is 37.4. The topological polar surface area (TPSA) is 159 Å². The lowest BCUT2D eigenvalue weighted by Gasteiger charge is -2.42. The van der Waals surface area contributed by atoms with Crippen molar-refractivity contribution in [1.82, 2.24) is 19.7 Å². The summed E-state index contributed by atoms with van der Waals surface area (Å²) in [6.45, 7) is 10.3. The Bertz CT molecular complexity index is 2390. The Morgan fingerprint density at radius 1 is 0.891 bits per heavy atom. The van der Waals surface area contributed by atoms with Crippen molar-refractivity contribution in [2.24, 2.45) is 5.92 Å². The summed E-state index contributed by atoms with van der Waals surface area (Å²) in [5.74, 6) is 0.786. The first-order chi connectivity index (χ1) is 30.9. The fraction of sp³-hybridized carbons (Fsp3) is 0.408. The maximum atomic E-state index is 13.9. The highest BCUT2D eigenvalue weighted by atomic mass is 31.2. The minimum atomic E-state index is -1.82. The molecule has 4 aromatic carbocycles. The number of benzene rings is 4. The molecule has 2 fully saturated rings. The second-order valence-corrected chi connectivity index (χ2v) is 18.1. The van der Waals surface area contributed by atoms with Gasteiger partial charge in [0.05, 0.1) is 52.4 Å². The number of hydrogen-bond donors (Lipinski definition) is 2. The Labute approximate surface area is 375 Å². The zero-order chi connectivity index (χ0) is 45.4. The van der Waals surface area contributed by atoms with E-state index >= 15 is 0 Å². The second kappa shape index (κ2) is 20.7. The average Bonchev–Trinajstić information content (AvgIpc) is 3.76. The molecule has 2 heterocycles. The van der Waals surface area contributed by atoms with Crippen molar-refractivity contribution >= 4 is 8.53 Å². The summed E-state index contributed by atoms with van der Waals surface area (Å²) in [6.07, 6.45) is 0.317. The predicted octanol–water partition coefficient (Wildman–Crippen LogP) is 7.91. The van der Waals surface area contributed by atoms with Crippen LogP contribution >= 0.6 is 8.53 Å². The number of hydrogen-bond acceptors (Lipinski definition) is 12. The summed E-state index contributed by atoms with van der Waals surface area (Å²) >= 11 is 0. The van der Waals surface area contributed by atoms with Gasteiger partial charge in [-0.25, -0.2) is 9.46 Å². The molecule has 2 unspecified atom stereocenters. The highest BCUT2D eigenvalue weighted by Crippen LogP contribution is 2.60. The molecule has 0 spiro atoms. The van der Waals surface area contributed by atoms with Gasteiger partial charge in [-0.1, -0.05) is 84.9 Å². The van der Waals surface area contributed by atoms with Gasteiger partial charge in [0.2, 0.25) is 0 Å². The van der Waals surface area contributed by atoms with Crippen molar-refractivity contribution < 1.29 is 32.8 Å². The molecular weight excluding hydrogens is 834 g/mol. The lowest BCUT2D eigenvalue weighted by Crippen LogP contribution is -2.49. The SMILES string of the molecule is COc1ccc(C(OC[C@@]23C[C@@H](NOCc4ccccc4)C([C@H](n4cc(C)c(=O)[nH]c4=O)O2)[C@@H]3OP(OCCC#N)N(C(C)C)C(C)C)(c2ccccc2)c2ccc(OC)cc2)cc1. The Balaban J connectivity index is 1.40. The number of aromatic amines is 1. The van der Waals surface area contributed by atoms with Crippen molar-refractivity contribution in [3.8, 4) is 17.6 Å². The highest BCUT2D eigenvalue weighted by molar-refractivity contribution is 7.44. The third kappa shape index (κ3) is 9.73. The number of nitrogens with zero attached hydrogens (tertiary/aromatic N) is 3. The van der Waals surface area contributed by atoms with E-state index in [1.165, 1.54) is 10.8 Å². The normalized spacial score (nSPS) is 21.1. The maximum Gasteiger partial charge on any atom is 0.330 e. The quantitative estimate of drug-likeness (QED) is 0.0318. The number of ether oxygens (including phenoxy) is 4. The van der Waals surface area contributed by atoms with Gasteiger partial charge in [0.15, 0.2) is 0 Å². The lowest BCUT2D eigenvalue weighted by atomic mass is 9.79. The molecular formula is C49H58N5O9P. The zero-order valence-corrected chi connectivity index (χ0v) is 38.3. The van der Waals surface area contributed by atoms with Crippen LogP contribution in [0.1, 0.15) is 74.6 Å². The molecule has 5 aromatic rings. The van der Waals surface area contributed by atoms with Crippen molar-refractivity contribution in [1.29, 1.82) is 5.26 Å². The largest absolute Gasteiger partial charge is 0.497 e. The van der Waals surface area contributed by atoms with Crippen LogP contribution in [0.25, 0.3) is 0 Å². The Morgan fingerprint density at radius 3 is 2.03 bits per heavy atom. The number of nitrogens with one attached hydrogen (secondary N) is 2. The predicted molar refractivity (Wildman–Crippen MR) is 244 cm³/mol. The number of nitriles is 1. The van der Waals surface area contributed by atoms with Gasteiger partial charge in [-0.15, -0.1) is 0 Å². The fourth-order valence-corrected chi connectivity index (χ4v) is 10.8. The van der Waals surface area contributed by atoms with Crippen LogP contribution in [-0.4, -0.2) is 71.5 Å². The van der Waals surface area contributed by atoms with E-state index in [9.17, 15) is 14.9 Å². The smallest absolute Gasteiger partial charge is 0.330 e. The number of hydroxylamine groups is 1. The fourth-order valence-electron chi connectivity index (χ4n) is 8.95. The first-order valence-corrected chi connectivity index (χ1v) is 22.7. The number of methoxy groups -OCH3 is 2. The van der Waals surface area contributed by atoms with Crippen LogP contribution in [-0.2, 0) is 35.6 Å². The molecule has 1 saturated carbocycles. The van der Waals surface area contributed by atoms with Crippen LogP contribution in [0.4, 0.5) is 0 Å². The van der Waals surface area contributed by atoms with E-state index in [2.05, 4.69) is 48.9 Å². The summed E-state index contributed by atoms with van der Waals surface area (Å²) in [5, 5.41) is 9.56. The van der Waals surface area contributed by atoms with Gasteiger partial charge in [-0.3, -0.25) is 19.2 Å². The third-order valence-corrected chi connectivity index (χ3v) is 14.0. The molecule has 15 heteroatoms. The van der Waals surface area contributed by atoms with Crippen LogP contribution in [0.2, 0.25) is 0 Å². The van der Waals surface area contributed by atoms with Gasteiger partial charge < -0.3 is 28.0 Å². The van der Waals surface area contributed by atoms with Crippen LogP contribution in [0, 0.1) is 24.2 Å². The van der Waals surface area contributed by atoms with E-state index in [4.69, 9.17) is 32.8 Å². The Hall–Kier alpha value is -5.20. The van der Waals surface area contributed by atoms with E-state index in [1.807, 2.05) is 109 Å². The minimum absolute atomic E-state index is 0.000335. The minimum Gasteiger partial charge on any atom is -0.497 e. The van der Waals surface area contributed by atoms with E-state index in [-0.39, 0.29) is 38.3 Å². The summed E-state index contributed by atoms with van der Waals surface area (Å²) in [5.41, 5.74) is 3.57. The third-order valence-electron chi connectivity index (χ3n) is 11.9. The molecule has 1 aliphatic carbocycles. The van der Waals surface area contributed by atoms with Gasteiger partial charge in [0.25, 0.3) is 14.1 Å². The van der Waals surface area contributed by atoms with Gasteiger partial charge >= 0.3 is 5.69 Å². The van der Waals surface area contributed by atoms with Gasteiger partial charge in [-0.05, 0) is 87.6 Å². The number of rotatable bonds is 21. The molecule has 338 valence electrons. The van der Waals surface area contributed by atoms with Crippen molar-refractivity contribution in [2.75, 3.05) is 27.4 Å². The number of fused-ring (bicyclic) bond motifs is 2. The van der Waals surface area contributed by atoms with Gasteiger partial charge in [-0.2, -0.15) is 10.7 Å². The molecule has 64 heavy (non-hydrogen) atoms. The van der Waals surface area contributed by atoms with E-state index < -0.39 is 55.3 Å². The van der Waals surface area contributed by atoms with Gasteiger partial charge in [0, 0.05) is 29.9 Å². The van der Waals surface area contributed by atoms with Crippen molar-refractivity contribution in [2.45, 2.75) is 95.7 Å². The summed E-state index contributed by atoms with van der Waals surface area (Å²) < 4.78 is 43.5. The van der Waals surface area contributed by atoms with E-state index in [1.54, 1.807) is 21.1 Å². The van der Waals surface area contributed by atoms with Crippen LogP contribution in [0.5, 0.6) is 11.5 Å². The van der Waals surface area contributed by atoms with Crippen LogP contribution in [0.15, 0.2) is 125 Å². The average molecular weight is 892 g/mol. The molecule has 2 bridgehead atoms. The highest BCUT2D eigenvalue weighted by Gasteiger charge is 2.68.